The molecule has 9 heteroatoms. The maximum Gasteiger partial charge on any atom is 0.416 e. The SMILES string of the molecule is O=C(O)Cn1ccc2cc(OCc3cnc(-c4ccc(C(F)(F)F)cc4)o3)ccc21. The van der Waals surface area contributed by atoms with Gasteiger partial charge in [-0.05, 0) is 48.5 Å². The molecule has 0 aliphatic heterocycles. The highest BCUT2D eigenvalue weighted by atomic mass is 19.4. The van der Waals surface area contributed by atoms with Crippen molar-refractivity contribution >= 4 is 16.9 Å². The smallest absolute Gasteiger partial charge is 0.416 e. The number of aromatic nitrogens is 2. The second-order valence-electron chi connectivity index (χ2n) is 6.55. The van der Waals surface area contributed by atoms with E-state index < -0.39 is 17.7 Å². The van der Waals surface area contributed by atoms with Crippen LogP contribution in [-0.2, 0) is 24.1 Å². The van der Waals surface area contributed by atoms with Crippen LogP contribution in [0.4, 0.5) is 13.2 Å². The Balaban J connectivity index is 1.43. The predicted molar refractivity (Wildman–Crippen MR) is 101 cm³/mol. The molecule has 0 bridgehead atoms. The number of ether oxygens (including phenoxy) is 1. The Morgan fingerprint density at radius 1 is 1.13 bits per heavy atom. The molecule has 4 aromatic rings. The van der Waals surface area contributed by atoms with Crippen LogP contribution in [0.15, 0.2) is 65.3 Å². The molecule has 1 N–H and O–H groups in total. The van der Waals surface area contributed by atoms with Gasteiger partial charge in [-0.3, -0.25) is 4.79 Å². The lowest BCUT2D eigenvalue weighted by molar-refractivity contribution is -0.138. The van der Waals surface area contributed by atoms with Crippen LogP contribution < -0.4 is 4.74 Å². The third-order valence-corrected chi connectivity index (χ3v) is 4.44. The summed E-state index contributed by atoms with van der Waals surface area (Å²) in [6.07, 6.45) is -1.26. The van der Waals surface area contributed by atoms with Crippen molar-refractivity contribution in [3.05, 3.63) is 72.2 Å². The highest BCUT2D eigenvalue weighted by Gasteiger charge is 2.30. The second kappa shape index (κ2) is 7.58. The lowest BCUT2D eigenvalue weighted by atomic mass is 10.1. The number of alkyl halides is 3. The number of aliphatic carboxylic acids is 1. The first kappa shape index (κ1) is 19.6. The number of carbonyl (C=O) groups is 1. The highest BCUT2D eigenvalue weighted by Crippen LogP contribution is 2.31. The van der Waals surface area contributed by atoms with Crippen molar-refractivity contribution < 1.29 is 32.2 Å². The molecule has 0 fully saturated rings. The molecule has 0 spiro atoms. The quantitative estimate of drug-likeness (QED) is 0.480. The molecule has 0 aliphatic rings. The van der Waals surface area contributed by atoms with Gasteiger partial charge in [0, 0.05) is 22.7 Å². The minimum Gasteiger partial charge on any atom is -0.486 e. The molecular weight excluding hydrogens is 401 g/mol. The Kier molecular flexibility index (Phi) is 4.94. The Morgan fingerprint density at radius 3 is 2.60 bits per heavy atom. The van der Waals surface area contributed by atoms with Crippen LogP contribution in [0, 0.1) is 0 Å². The summed E-state index contributed by atoms with van der Waals surface area (Å²) in [6, 6.07) is 11.6. The largest absolute Gasteiger partial charge is 0.486 e. The molecule has 4 rings (SSSR count). The predicted octanol–water partition coefficient (Wildman–Crippen LogP) is 4.98. The number of benzene rings is 2. The molecule has 2 aromatic heterocycles. The van der Waals surface area contributed by atoms with Gasteiger partial charge >= 0.3 is 12.1 Å². The summed E-state index contributed by atoms with van der Waals surface area (Å²) in [4.78, 5) is 15.0. The van der Waals surface area contributed by atoms with E-state index in [9.17, 15) is 18.0 Å². The van der Waals surface area contributed by atoms with Crippen molar-refractivity contribution in [3.8, 4) is 17.2 Å². The van der Waals surface area contributed by atoms with Crippen molar-refractivity contribution in [1.82, 2.24) is 9.55 Å². The lowest BCUT2D eigenvalue weighted by Gasteiger charge is -2.06. The highest BCUT2D eigenvalue weighted by molar-refractivity contribution is 5.83. The molecule has 0 saturated carbocycles. The average molecular weight is 416 g/mol. The topological polar surface area (TPSA) is 77.5 Å². The van der Waals surface area contributed by atoms with E-state index in [-0.39, 0.29) is 19.0 Å². The van der Waals surface area contributed by atoms with E-state index in [1.165, 1.54) is 18.3 Å². The summed E-state index contributed by atoms with van der Waals surface area (Å²) < 4.78 is 50.9. The van der Waals surface area contributed by atoms with E-state index >= 15 is 0 Å². The van der Waals surface area contributed by atoms with Crippen molar-refractivity contribution in [2.24, 2.45) is 0 Å². The van der Waals surface area contributed by atoms with Crippen molar-refractivity contribution in [3.63, 3.8) is 0 Å². The molecule has 6 nitrogen and oxygen atoms in total. The summed E-state index contributed by atoms with van der Waals surface area (Å²) in [5.41, 5.74) is 0.457. The summed E-state index contributed by atoms with van der Waals surface area (Å²) in [7, 11) is 0. The molecule has 0 unspecified atom stereocenters. The Labute approximate surface area is 168 Å². The normalized spacial score (nSPS) is 11.7. The molecule has 0 aliphatic carbocycles. The molecule has 154 valence electrons. The number of fused-ring (bicyclic) bond motifs is 1. The number of oxazole rings is 1. The fourth-order valence-corrected chi connectivity index (χ4v) is 3.02. The molecule has 0 radical (unpaired) electrons. The number of hydrogen-bond donors (Lipinski definition) is 1. The maximum atomic E-state index is 12.7. The Morgan fingerprint density at radius 2 is 1.90 bits per heavy atom. The fourth-order valence-electron chi connectivity index (χ4n) is 3.02. The van der Waals surface area contributed by atoms with E-state index in [0.29, 0.717) is 17.1 Å². The molecule has 0 saturated heterocycles. The van der Waals surface area contributed by atoms with Gasteiger partial charge in [0.2, 0.25) is 5.89 Å². The Hall–Kier alpha value is -3.75. The van der Waals surface area contributed by atoms with Gasteiger partial charge in [0.15, 0.2) is 5.76 Å². The monoisotopic (exact) mass is 416 g/mol. The Bertz CT molecular complexity index is 1190. The van der Waals surface area contributed by atoms with E-state index in [4.69, 9.17) is 14.3 Å². The number of halogens is 3. The van der Waals surface area contributed by atoms with Crippen molar-refractivity contribution in [2.75, 3.05) is 0 Å². The zero-order chi connectivity index (χ0) is 21.3. The summed E-state index contributed by atoms with van der Waals surface area (Å²) in [6.45, 7) is -0.0521. The van der Waals surface area contributed by atoms with Gasteiger partial charge in [0.25, 0.3) is 0 Å². The van der Waals surface area contributed by atoms with E-state index in [1.54, 1.807) is 35.0 Å². The minimum atomic E-state index is -4.40. The van der Waals surface area contributed by atoms with E-state index in [2.05, 4.69) is 4.98 Å². The van der Waals surface area contributed by atoms with Gasteiger partial charge in [0.05, 0.1) is 11.8 Å². The van der Waals surface area contributed by atoms with Gasteiger partial charge in [-0.1, -0.05) is 0 Å². The fraction of sp³-hybridized carbons (Fsp3) is 0.143. The zero-order valence-electron chi connectivity index (χ0n) is 15.4. The first-order chi connectivity index (χ1) is 14.3. The van der Waals surface area contributed by atoms with Crippen LogP contribution >= 0.6 is 0 Å². The molecule has 0 atom stereocenters. The number of rotatable bonds is 6. The number of carboxylic acid groups (broad SMARTS) is 1. The summed E-state index contributed by atoms with van der Waals surface area (Å²) >= 11 is 0. The molecule has 30 heavy (non-hydrogen) atoms. The first-order valence-corrected chi connectivity index (χ1v) is 8.85. The van der Waals surface area contributed by atoms with Crippen molar-refractivity contribution in [1.29, 1.82) is 0 Å². The van der Waals surface area contributed by atoms with Gasteiger partial charge in [-0.25, -0.2) is 4.98 Å². The van der Waals surface area contributed by atoms with Crippen LogP contribution in [0.1, 0.15) is 11.3 Å². The third-order valence-electron chi connectivity index (χ3n) is 4.44. The maximum absolute atomic E-state index is 12.7. The van der Waals surface area contributed by atoms with Gasteiger partial charge in [-0.15, -0.1) is 0 Å². The van der Waals surface area contributed by atoms with Crippen LogP contribution in [0.25, 0.3) is 22.4 Å². The van der Waals surface area contributed by atoms with E-state index in [1.807, 2.05) is 0 Å². The standard InChI is InChI=1S/C21H15F3N2O4/c22-21(23,24)15-3-1-13(2-4-15)20-25-10-17(30-20)12-29-16-5-6-18-14(9-16)7-8-26(18)11-19(27)28/h1-10H,11-12H2,(H,27,28). The molecule has 2 heterocycles. The van der Waals surface area contributed by atoms with Gasteiger partial charge < -0.3 is 18.8 Å². The van der Waals surface area contributed by atoms with Crippen LogP contribution in [0.5, 0.6) is 5.75 Å². The number of carboxylic acids is 1. The van der Waals surface area contributed by atoms with Crippen LogP contribution in [0.2, 0.25) is 0 Å². The van der Waals surface area contributed by atoms with Crippen molar-refractivity contribution in [2.45, 2.75) is 19.3 Å². The summed E-state index contributed by atoms with van der Waals surface area (Å²) in [5, 5.41) is 9.76. The van der Waals surface area contributed by atoms with Crippen LogP contribution in [0.3, 0.4) is 0 Å². The van der Waals surface area contributed by atoms with E-state index in [0.717, 1.165) is 23.0 Å². The average Bonchev–Trinajstić information content (AvgIpc) is 3.33. The molecule has 0 amide bonds. The molecule has 2 aromatic carbocycles. The minimum absolute atomic E-state index is 0.0783. The van der Waals surface area contributed by atoms with Crippen LogP contribution in [-0.4, -0.2) is 20.6 Å². The lowest BCUT2D eigenvalue weighted by Crippen LogP contribution is -2.07. The second-order valence-corrected chi connectivity index (χ2v) is 6.55. The van der Waals surface area contributed by atoms with Gasteiger partial charge in [-0.2, -0.15) is 13.2 Å². The zero-order valence-corrected chi connectivity index (χ0v) is 15.4. The first-order valence-electron chi connectivity index (χ1n) is 8.85. The third kappa shape index (κ3) is 4.14. The molecular formula is C21H15F3N2O4. The summed E-state index contributed by atoms with van der Waals surface area (Å²) in [5.74, 6) is 0.238. The van der Waals surface area contributed by atoms with Gasteiger partial charge in [0.1, 0.15) is 18.9 Å². The number of nitrogens with zero attached hydrogens (tertiary/aromatic N) is 2. The number of hydrogen-bond acceptors (Lipinski definition) is 4.